The van der Waals surface area contributed by atoms with E-state index in [0.29, 0.717) is 30.1 Å². The Morgan fingerprint density at radius 2 is 2.08 bits per heavy atom. The molecule has 0 aromatic carbocycles. The second kappa shape index (κ2) is 6.39. The van der Waals surface area contributed by atoms with Crippen molar-refractivity contribution in [3.05, 3.63) is 35.6 Å². The summed E-state index contributed by atoms with van der Waals surface area (Å²) in [4.78, 5) is 8.04. The van der Waals surface area contributed by atoms with E-state index < -0.39 is 18.4 Å². The molecule has 1 aliphatic carbocycles. The molecule has 0 bridgehead atoms. The van der Waals surface area contributed by atoms with Crippen LogP contribution in [0.5, 0.6) is 5.88 Å². The molecule has 0 atom stereocenters. The van der Waals surface area contributed by atoms with Gasteiger partial charge in [0.05, 0.1) is 12.0 Å². The molecule has 0 unspecified atom stereocenters. The standard InChI is InChI=1S/C15H16F3N3O3/c16-15(17,18)9-23-12-3-2-10(8-19-12)6-11-20-13(24-21-11)7-14(22)4-1-5-14/h2-3,8,22H,1,4-7,9H2. The van der Waals surface area contributed by atoms with Gasteiger partial charge in [0.1, 0.15) is 0 Å². The number of rotatable bonds is 6. The molecule has 1 fully saturated rings. The zero-order chi connectivity index (χ0) is 17.2. The highest BCUT2D eigenvalue weighted by Gasteiger charge is 2.36. The largest absolute Gasteiger partial charge is 0.468 e. The molecule has 0 saturated heterocycles. The predicted molar refractivity (Wildman–Crippen MR) is 75.4 cm³/mol. The van der Waals surface area contributed by atoms with Crippen LogP contribution in [0.2, 0.25) is 0 Å². The summed E-state index contributed by atoms with van der Waals surface area (Å²) in [5.41, 5.74) is -0.0212. The molecule has 2 aromatic rings. The zero-order valence-corrected chi connectivity index (χ0v) is 12.7. The molecule has 0 radical (unpaired) electrons. The molecule has 0 aliphatic heterocycles. The van der Waals surface area contributed by atoms with E-state index in [1.54, 1.807) is 6.07 Å². The van der Waals surface area contributed by atoms with Crippen LogP contribution >= 0.6 is 0 Å². The summed E-state index contributed by atoms with van der Waals surface area (Å²) in [6.45, 7) is -1.38. The van der Waals surface area contributed by atoms with Gasteiger partial charge in [-0.2, -0.15) is 18.2 Å². The third-order valence-electron chi connectivity index (χ3n) is 3.82. The monoisotopic (exact) mass is 343 g/mol. The van der Waals surface area contributed by atoms with E-state index in [1.165, 1.54) is 12.3 Å². The highest BCUT2D eigenvalue weighted by Crippen LogP contribution is 2.34. The molecule has 6 nitrogen and oxygen atoms in total. The average Bonchev–Trinajstić information content (AvgIpc) is 2.91. The third kappa shape index (κ3) is 4.44. The van der Waals surface area contributed by atoms with Gasteiger partial charge in [-0.15, -0.1) is 0 Å². The fourth-order valence-electron chi connectivity index (χ4n) is 2.42. The number of halogens is 3. The van der Waals surface area contributed by atoms with Crippen molar-refractivity contribution in [3.63, 3.8) is 0 Å². The van der Waals surface area contributed by atoms with Gasteiger partial charge in [-0.3, -0.25) is 0 Å². The fourth-order valence-corrected chi connectivity index (χ4v) is 2.42. The van der Waals surface area contributed by atoms with E-state index in [9.17, 15) is 18.3 Å². The molecule has 2 heterocycles. The van der Waals surface area contributed by atoms with E-state index in [1.807, 2.05) is 0 Å². The van der Waals surface area contributed by atoms with Crippen LogP contribution in [0.4, 0.5) is 13.2 Å². The lowest BCUT2D eigenvalue weighted by atomic mass is 9.78. The van der Waals surface area contributed by atoms with Crippen molar-refractivity contribution >= 4 is 0 Å². The van der Waals surface area contributed by atoms with E-state index >= 15 is 0 Å². The summed E-state index contributed by atoms with van der Waals surface area (Å²) in [7, 11) is 0. The van der Waals surface area contributed by atoms with Gasteiger partial charge in [0.15, 0.2) is 12.4 Å². The summed E-state index contributed by atoms with van der Waals surface area (Å²) >= 11 is 0. The van der Waals surface area contributed by atoms with Gasteiger partial charge >= 0.3 is 6.18 Å². The predicted octanol–water partition coefficient (Wildman–Crippen LogP) is 2.45. The molecule has 1 aliphatic rings. The molecule has 1 N–H and O–H groups in total. The minimum absolute atomic E-state index is 0.0999. The Kier molecular flexibility index (Phi) is 4.44. The van der Waals surface area contributed by atoms with Crippen molar-refractivity contribution in [1.29, 1.82) is 0 Å². The lowest BCUT2D eigenvalue weighted by molar-refractivity contribution is -0.154. The number of aromatic nitrogens is 3. The first-order valence-electron chi connectivity index (χ1n) is 7.50. The Balaban J connectivity index is 1.55. The van der Waals surface area contributed by atoms with Crippen molar-refractivity contribution in [2.75, 3.05) is 6.61 Å². The molecule has 0 spiro atoms. The number of nitrogens with zero attached hydrogens (tertiary/aromatic N) is 3. The summed E-state index contributed by atoms with van der Waals surface area (Å²) < 4.78 is 45.8. The SMILES string of the molecule is OC1(Cc2nc(Cc3ccc(OCC(F)(F)F)nc3)no2)CCC1. The number of hydrogen-bond donors (Lipinski definition) is 1. The van der Waals surface area contributed by atoms with Crippen LogP contribution in [-0.2, 0) is 12.8 Å². The van der Waals surface area contributed by atoms with Crippen LogP contribution in [0.15, 0.2) is 22.9 Å². The lowest BCUT2D eigenvalue weighted by Crippen LogP contribution is -2.39. The normalized spacial score (nSPS) is 16.7. The molecular weight excluding hydrogens is 327 g/mol. The first kappa shape index (κ1) is 16.7. The maximum atomic E-state index is 12.1. The van der Waals surface area contributed by atoms with Gasteiger partial charge < -0.3 is 14.4 Å². The van der Waals surface area contributed by atoms with Crippen LogP contribution in [0, 0.1) is 0 Å². The average molecular weight is 343 g/mol. The number of ether oxygens (including phenoxy) is 1. The minimum atomic E-state index is -4.40. The zero-order valence-electron chi connectivity index (χ0n) is 12.7. The number of hydrogen-bond acceptors (Lipinski definition) is 6. The van der Waals surface area contributed by atoms with E-state index in [2.05, 4.69) is 19.9 Å². The molecule has 0 amide bonds. The van der Waals surface area contributed by atoms with E-state index in [4.69, 9.17) is 4.52 Å². The molecule has 1 saturated carbocycles. The quantitative estimate of drug-likeness (QED) is 0.868. The fraction of sp³-hybridized carbons (Fsp3) is 0.533. The van der Waals surface area contributed by atoms with E-state index in [0.717, 1.165) is 19.3 Å². The van der Waals surface area contributed by atoms with Gasteiger partial charge in [0, 0.05) is 18.7 Å². The summed E-state index contributed by atoms with van der Waals surface area (Å²) in [5.74, 6) is 0.709. The smallest absolute Gasteiger partial charge is 0.422 e. The molecule has 24 heavy (non-hydrogen) atoms. The van der Waals surface area contributed by atoms with Crippen LogP contribution in [0.1, 0.15) is 36.5 Å². The Hall–Kier alpha value is -2.16. The summed E-state index contributed by atoms with van der Waals surface area (Å²) in [6, 6.07) is 2.95. The van der Waals surface area contributed by atoms with Gasteiger partial charge in [-0.25, -0.2) is 4.98 Å². The Bertz CT molecular complexity index is 681. The number of alkyl halides is 3. The second-order valence-electron chi connectivity index (χ2n) is 5.94. The highest BCUT2D eigenvalue weighted by atomic mass is 19.4. The Morgan fingerprint density at radius 3 is 2.67 bits per heavy atom. The van der Waals surface area contributed by atoms with Crippen molar-refractivity contribution < 1.29 is 27.5 Å². The van der Waals surface area contributed by atoms with Crippen molar-refractivity contribution in [2.24, 2.45) is 0 Å². The molecule has 9 heteroatoms. The minimum Gasteiger partial charge on any atom is -0.468 e. The van der Waals surface area contributed by atoms with Crippen molar-refractivity contribution in [3.8, 4) is 5.88 Å². The number of aliphatic hydroxyl groups is 1. The van der Waals surface area contributed by atoms with E-state index in [-0.39, 0.29) is 5.88 Å². The summed E-state index contributed by atoms with van der Waals surface area (Å²) in [5, 5.41) is 13.9. The van der Waals surface area contributed by atoms with Gasteiger partial charge in [0.25, 0.3) is 0 Å². The van der Waals surface area contributed by atoms with Gasteiger partial charge in [0.2, 0.25) is 11.8 Å². The van der Waals surface area contributed by atoms with Crippen LogP contribution in [0.3, 0.4) is 0 Å². The van der Waals surface area contributed by atoms with Crippen molar-refractivity contribution in [1.82, 2.24) is 15.1 Å². The van der Waals surface area contributed by atoms with Gasteiger partial charge in [-0.1, -0.05) is 11.2 Å². The van der Waals surface area contributed by atoms with Crippen LogP contribution < -0.4 is 4.74 Å². The first-order chi connectivity index (χ1) is 11.3. The highest BCUT2D eigenvalue weighted by molar-refractivity contribution is 5.20. The lowest BCUT2D eigenvalue weighted by Gasteiger charge is -2.35. The maximum absolute atomic E-state index is 12.1. The van der Waals surface area contributed by atoms with Crippen LogP contribution in [-0.4, -0.2) is 38.6 Å². The molecular formula is C15H16F3N3O3. The van der Waals surface area contributed by atoms with Crippen molar-refractivity contribution in [2.45, 2.75) is 43.9 Å². The Morgan fingerprint density at radius 1 is 1.29 bits per heavy atom. The first-order valence-corrected chi connectivity index (χ1v) is 7.50. The Labute approximate surface area is 135 Å². The molecule has 2 aromatic heterocycles. The topological polar surface area (TPSA) is 81.3 Å². The molecule has 3 rings (SSSR count). The van der Waals surface area contributed by atoms with Gasteiger partial charge in [-0.05, 0) is 24.8 Å². The second-order valence-corrected chi connectivity index (χ2v) is 5.94. The van der Waals surface area contributed by atoms with Crippen LogP contribution in [0.25, 0.3) is 0 Å². The molecule has 130 valence electrons. The summed E-state index contributed by atoms with van der Waals surface area (Å²) in [6.07, 6.45) is 0.123. The maximum Gasteiger partial charge on any atom is 0.422 e. The third-order valence-corrected chi connectivity index (χ3v) is 3.82. The number of pyridine rings is 1.